The van der Waals surface area contributed by atoms with E-state index in [2.05, 4.69) is 26.1 Å². The van der Waals surface area contributed by atoms with Gasteiger partial charge in [-0.15, -0.1) is 0 Å². The van der Waals surface area contributed by atoms with Crippen molar-refractivity contribution in [3.8, 4) is 0 Å². The number of halogens is 1. The van der Waals surface area contributed by atoms with Gasteiger partial charge in [0.1, 0.15) is 4.90 Å². The van der Waals surface area contributed by atoms with Crippen molar-refractivity contribution in [3.05, 3.63) is 11.4 Å². The molecular weight excluding hydrogens is 318 g/mol. The van der Waals surface area contributed by atoms with Gasteiger partial charge in [-0.25, -0.2) is 8.42 Å². The maximum Gasteiger partial charge on any atom is 0.246 e. The first-order valence-electron chi connectivity index (χ1n) is 5.91. The largest absolute Gasteiger partial charge is 0.281 e. The van der Waals surface area contributed by atoms with Crippen LogP contribution in [0.15, 0.2) is 4.90 Å². The van der Waals surface area contributed by atoms with Crippen molar-refractivity contribution in [1.29, 1.82) is 0 Å². The van der Waals surface area contributed by atoms with Crippen LogP contribution in [0, 0.1) is 13.8 Å². The lowest BCUT2D eigenvalue weighted by atomic mass is 10.4. The predicted octanol–water partition coefficient (Wildman–Crippen LogP) is 2.21. The van der Waals surface area contributed by atoms with E-state index >= 15 is 0 Å². The maximum atomic E-state index is 12.6. The van der Waals surface area contributed by atoms with Gasteiger partial charge in [-0.1, -0.05) is 15.9 Å². The lowest BCUT2D eigenvalue weighted by Gasteiger charge is -2.25. The number of aromatic amines is 1. The van der Waals surface area contributed by atoms with Crippen LogP contribution in [0.1, 0.15) is 31.7 Å². The molecule has 1 heterocycles. The summed E-state index contributed by atoms with van der Waals surface area (Å²) in [5, 5.41) is 7.48. The Balaban J connectivity index is 3.17. The summed E-state index contributed by atoms with van der Waals surface area (Å²) in [6, 6.07) is -0.0669. The van der Waals surface area contributed by atoms with Crippen LogP contribution in [0.2, 0.25) is 0 Å². The van der Waals surface area contributed by atoms with E-state index in [1.165, 1.54) is 4.31 Å². The molecule has 0 saturated heterocycles. The summed E-state index contributed by atoms with van der Waals surface area (Å²) in [5.74, 6) is 0. The summed E-state index contributed by atoms with van der Waals surface area (Å²) in [4.78, 5) is 0.311. The molecule has 0 aromatic carbocycles. The Morgan fingerprint density at radius 3 is 2.39 bits per heavy atom. The molecule has 0 aliphatic carbocycles. The van der Waals surface area contributed by atoms with Gasteiger partial charge in [0.05, 0.1) is 11.4 Å². The maximum absolute atomic E-state index is 12.6. The van der Waals surface area contributed by atoms with Gasteiger partial charge in [-0.3, -0.25) is 5.10 Å². The van der Waals surface area contributed by atoms with Gasteiger partial charge in [-0.05, 0) is 34.1 Å². The Morgan fingerprint density at radius 2 is 2.00 bits per heavy atom. The molecule has 1 aromatic rings. The fourth-order valence-corrected chi connectivity index (χ4v) is 4.17. The van der Waals surface area contributed by atoms with E-state index in [9.17, 15) is 8.42 Å². The Morgan fingerprint density at radius 1 is 1.39 bits per heavy atom. The fraction of sp³-hybridized carbons (Fsp3) is 0.727. The Kier molecular flexibility index (Phi) is 5.36. The molecule has 0 saturated carbocycles. The van der Waals surface area contributed by atoms with Crippen molar-refractivity contribution in [2.45, 2.75) is 45.1 Å². The van der Waals surface area contributed by atoms with Crippen molar-refractivity contribution in [3.63, 3.8) is 0 Å². The molecular formula is C11H20BrN3O2S. The number of nitrogens with one attached hydrogen (secondary N) is 1. The molecule has 0 aliphatic heterocycles. The van der Waals surface area contributed by atoms with Crippen molar-refractivity contribution in [1.82, 2.24) is 14.5 Å². The SMILES string of the molecule is Cc1n[nH]c(C)c1S(=O)(=O)N(CCCBr)C(C)C. The topological polar surface area (TPSA) is 66.1 Å². The molecule has 0 spiro atoms. The molecule has 1 rings (SSSR count). The van der Waals surface area contributed by atoms with Gasteiger partial charge in [0.25, 0.3) is 0 Å². The lowest BCUT2D eigenvalue weighted by Crippen LogP contribution is -2.38. The highest BCUT2D eigenvalue weighted by Gasteiger charge is 2.30. The van der Waals surface area contributed by atoms with Crippen LogP contribution in [0.5, 0.6) is 0 Å². The standard InChI is InChI=1S/C11H20BrN3O2S/c1-8(2)15(7-5-6-12)18(16,17)11-9(3)13-14-10(11)4/h8H,5-7H2,1-4H3,(H,13,14). The van der Waals surface area contributed by atoms with Gasteiger partial charge in [0, 0.05) is 17.9 Å². The second kappa shape index (κ2) is 6.16. The number of H-pyrrole nitrogens is 1. The van der Waals surface area contributed by atoms with E-state index in [4.69, 9.17) is 0 Å². The van der Waals surface area contributed by atoms with Crippen LogP contribution >= 0.6 is 15.9 Å². The first-order chi connectivity index (χ1) is 8.32. The minimum absolute atomic E-state index is 0.0669. The van der Waals surface area contributed by atoms with E-state index in [-0.39, 0.29) is 6.04 Å². The number of hydrogen-bond acceptors (Lipinski definition) is 3. The third kappa shape index (κ3) is 3.13. The smallest absolute Gasteiger partial charge is 0.246 e. The van der Waals surface area contributed by atoms with E-state index in [0.717, 1.165) is 11.8 Å². The van der Waals surface area contributed by atoms with Gasteiger partial charge in [0.2, 0.25) is 10.0 Å². The molecule has 0 atom stereocenters. The van der Waals surface area contributed by atoms with E-state index in [1.54, 1.807) is 13.8 Å². The fourth-order valence-electron chi connectivity index (χ4n) is 1.91. The van der Waals surface area contributed by atoms with E-state index < -0.39 is 10.0 Å². The number of aryl methyl sites for hydroxylation is 2. The second-order valence-electron chi connectivity index (χ2n) is 4.52. The summed E-state index contributed by atoms with van der Waals surface area (Å²) >= 11 is 3.33. The van der Waals surface area contributed by atoms with Gasteiger partial charge < -0.3 is 0 Å². The van der Waals surface area contributed by atoms with Crippen LogP contribution in [0.25, 0.3) is 0 Å². The average molecular weight is 338 g/mol. The van der Waals surface area contributed by atoms with Gasteiger partial charge >= 0.3 is 0 Å². The van der Waals surface area contributed by atoms with Crippen molar-refractivity contribution in [2.24, 2.45) is 0 Å². The Labute approximate surface area is 117 Å². The molecule has 0 amide bonds. The zero-order valence-corrected chi connectivity index (χ0v) is 13.6. The molecule has 0 radical (unpaired) electrons. The highest BCUT2D eigenvalue weighted by atomic mass is 79.9. The summed E-state index contributed by atoms with van der Waals surface area (Å²) in [6.45, 7) is 7.72. The average Bonchev–Trinajstić information content (AvgIpc) is 2.58. The van der Waals surface area contributed by atoms with Crippen LogP contribution in [-0.4, -0.2) is 40.8 Å². The first kappa shape index (κ1) is 15.7. The number of aromatic nitrogens is 2. The summed E-state index contributed by atoms with van der Waals surface area (Å²) in [7, 11) is -3.47. The minimum Gasteiger partial charge on any atom is -0.281 e. The highest BCUT2D eigenvalue weighted by molar-refractivity contribution is 9.09. The molecule has 1 aromatic heterocycles. The molecule has 1 N–H and O–H groups in total. The van der Waals surface area contributed by atoms with Crippen molar-refractivity contribution >= 4 is 26.0 Å². The highest BCUT2D eigenvalue weighted by Crippen LogP contribution is 2.23. The predicted molar refractivity (Wildman–Crippen MR) is 75.5 cm³/mol. The molecule has 0 bridgehead atoms. The number of sulfonamides is 1. The van der Waals surface area contributed by atoms with Gasteiger partial charge in [-0.2, -0.15) is 9.40 Å². The zero-order chi connectivity index (χ0) is 13.9. The minimum atomic E-state index is -3.47. The van der Waals surface area contributed by atoms with Crippen molar-refractivity contribution in [2.75, 3.05) is 11.9 Å². The summed E-state index contributed by atoms with van der Waals surface area (Å²) in [5.41, 5.74) is 1.12. The normalized spacial score (nSPS) is 12.6. The molecule has 104 valence electrons. The van der Waals surface area contributed by atoms with Crippen LogP contribution in [0.3, 0.4) is 0 Å². The quantitative estimate of drug-likeness (QED) is 0.809. The van der Waals surface area contributed by atoms with Crippen LogP contribution < -0.4 is 0 Å². The molecule has 0 aliphatic rings. The summed E-state index contributed by atoms with van der Waals surface area (Å²) < 4.78 is 26.8. The van der Waals surface area contributed by atoms with Crippen molar-refractivity contribution < 1.29 is 8.42 Å². The Bertz CT molecular complexity index is 477. The molecule has 7 heteroatoms. The number of alkyl halides is 1. The molecule has 0 fully saturated rings. The molecule has 5 nitrogen and oxygen atoms in total. The molecule has 18 heavy (non-hydrogen) atoms. The van der Waals surface area contributed by atoms with E-state index in [0.29, 0.717) is 22.8 Å². The lowest BCUT2D eigenvalue weighted by molar-refractivity contribution is 0.355. The number of hydrogen-bond donors (Lipinski definition) is 1. The van der Waals surface area contributed by atoms with Crippen LogP contribution in [-0.2, 0) is 10.0 Å². The van der Waals surface area contributed by atoms with E-state index in [1.807, 2.05) is 13.8 Å². The zero-order valence-electron chi connectivity index (χ0n) is 11.2. The monoisotopic (exact) mass is 337 g/mol. The van der Waals surface area contributed by atoms with Gasteiger partial charge in [0.15, 0.2) is 0 Å². The summed E-state index contributed by atoms with van der Waals surface area (Å²) in [6.07, 6.45) is 0.785. The Hall–Kier alpha value is -0.400. The third-order valence-electron chi connectivity index (χ3n) is 2.72. The van der Waals surface area contributed by atoms with Crippen LogP contribution in [0.4, 0.5) is 0 Å². The number of nitrogens with zero attached hydrogens (tertiary/aromatic N) is 2. The molecule has 0 unspecified atom stereocenters. The number of rotatable bonds is 6. The second-order valence-corrected chi connectivity index (χ2v) is 7.14. The first-order valence-corrected chi connectivity index (χ1v) is 8.48. The third-order valence-corrected chi connectivity index (χ3v) is 5.62.